The fraction of sp³-hybridized carbons (Fsp3) is 0.389. The van der Waals surface area contributed by atoms with Crippen LogP contribution in [0, 0.1) is 0 Å². The van der Waals surface area contributed by atoms with Gasteiger partial charge in [0.15, 0.2) is 0 Å². The zero-order chi connectivity index (χ0) is 23.9. The van der Waals surface area contributed by atoms with Crippen molar-refractivity contribution < 1.29 is 58.3 Å². The summed E-state index contributed by atoms with van der Waals surface area (Å²) in [5, 5.41) is 0.709. The van der Waals surface area contributed by atoms with E-state index in [1.54, 1.807) is 0 Å². The van der Waals surface area contributed by atoms with Gasteiger partial charge in [-0.1, -0.05) is 12.1 Å². The lowest BCUT2D eigenvalue weighted by molar-refractivity contribution is -0.356. The molecular formula is C18H14F6O7S. The Morgan fingerprint density at radius 1 is 1.03 bits per heavy atom. The van der Waals surface area contributed by atoms with Crippen LogP contribution in [-0.2, 0) is 19.6 Å². The van der Waals surface area contributed by atoms with E-state index in [9.17, 15) is 39.6 Å². The first-order valence-electron chi connectivity index (χ1n) is 8.71. The minimum atomic E-state index is -6.40. The third-order valence-electron chi connectivity index (χ3n) is 4.45. The highest BCUT2D eigenvalue weighted by atomic mass is 32.2. The number of esters is 1. The largest absolute Gasteiger partial charge is 0.491 e. The molecule has 1 saturated heterocycles. The average molecular weight is 488 g/mol. The quantitative estimate of drug-likeness (QED) is 0.275. The topological polar surface area (TPSA) is 102 Å². The van der Waals surface area contributed by atoms with Crippen molar-refractivity contribution in [1.82, 2.24) is 0 Å². The van der Waals surface area contributed by atoms with Gasteiger partial charge < -0.3 is 14.2 Å². The number of rotatable bonds is 7. The molecule has 1 heterocycles. The van der Waals surface area contributed by atoms with Crippen LogP contribution in [0.15, 0.2) is 36.4 Å². The van der Waals surface area contributed by atoms with Gasteiger partial charge in [0.05, 0.1) is 12.2 Å². The molecule has 2 aromatic carbocycles. The van der Waals surface area contributed by atoms with Gasteiger partial charge in [-0.2, -0.15) is 34.8 Å². The molecule has 14 heteroatoms. The van der Waals surface area contributed by atoms with Gasteiger partial charge in [0, 0.05) is 0 Å². The number of alkyl halides is 6. The highest BCUT2D eigenvalue weighted by Crippen LogP contribution is 2.47. The highest BCUT2D eigenvalue weighted by molar-refractivity contribution is 7.85. The lowest BCUT2D eigenvalue weighted by Crippen LogP contribution is -2.63. The number of carbonyl (C=O) groups is 1. The van der Waals surface area contributed by atoms with Crippen molar-refractivity contribution >= 4 is 26.9 Å². The standard InChI is InChI=1S/C18H14F6O7S/c19-17(20,21)16(18(22,23)24,9-32(26,27)28)31-15(25)12-2-1-11-6-13(4-3-10(11)5-12)29-7-14-8-30-14/h1-6,14H,7-9H2,(H,26,27,28). The molecule has 0 spiro atoms. The summed E-state index contributed by atoms with van der Waals surface area (Å²) in [6.07, 6.45) is -12.8. The van der Waals surface area contributed by atoms with Crippen molar-refractivity contribution in [3.8, 4) is 5.75 Å². The van der Waals surface area contributed by atoms with Crippen LogP contribution in [0.1, 0.15) is 10.4 Å². The lowest BCUT2D eigenvalue weighted by atomic mass is 10.0. The van der Waals surface area contributed by atoms with Gasteiger partial charge in [-0.05, 0) is 35.0 Å². The second-order valence-electron chi connectivity index (χ2n) is 6.93. The Bertz CT molecular complexity index is 1110. The molecule has 1 aliphatic heterocycles. The molecular weight excluding hydrogens is 474 g/mol. The Kier molecular flexibility index (Phi) is 6.08. The maximum Gasteiger partial charge on any atom is 0.438 e. The van der Waals surface area contributed by atoms with E-state index in [1.165, 1.54) is 24.3 Å². The first-order chi connectivity index (χ1) is 14.6. The zero-order valence-corrected chi connectivity index (χ0v) is 16.6. The molecule has 1 atom stereocenters. The molecule has 0 aliphatic carbocycles. The van der Waals surface area contributed by atoms with Crippen LogP contribution >= 0.6 is 0 Å². The van der Waals surface area contributed by atoms with Gasteiger partial charge in [-0.15, -0.1) is 0 Å². The van der Waals surface area contributed by atoms with Crippen LogP contribution in [0.3, 0.4) is 0 Å². The molecule has 7 nitrogen and oxygen atoms in total. The molecule has 2 aromatic rings. The van der Waals surface area contributed by atoms with Crippen molar-refractivity contribution in [1.29, 1.82) is 0 Å². The normalized spacial score (nSPS) is 17.3. The minimum absolute atomic E-state index is 0.0203. The third kappa shape index (κ3) is 5.24. The second kappa shape index (κ2) is 8.08. The Labute approximate surface area is 176 Å². The van der Waals surface area contributed by atoms with Crippen molar-refractivity contribution in [3.63, 3.8) is 0 Å². The summed E-state index contributed by atoms with van der Waals surface area (Å²) in [5.41, 5.74) is -6.17. The Morgan fingerprint density at radius 3 is 2.12 bits per heavy atom. The summed E-state index contributed by atoms with van der Waals surface area (Å²) >= 11 is 0. The number of ether oxygens (including phenoxy) is 3. The van der Waals surface area contributed by atoms with E-state index in [0.29, 0.717) is 24.3 Å². The van der Waals surface area contributed by atoms with Crippen molar-refractivity contribution in [3.05, 3.63) is 42.0 Å². The van der Waals surface area contributed by atoms with Gasteiger partial charge in [-0.3, -0.25) is 4.55 Å². The lowest BCUT2D eigenvalue weighted by Gasteiger charge is -2.35. The van der Waals surface area contributed by atoms with Gasteiger partial charge in [0.1, 0.15) is 24.2 Å². The van der Waals surface area contributed by atoms with Gasteiger partial charge in [0.2, 0.25) is 0 Å². The van der Waals surface area contributed by atoms with E-state index in [2.05, 4.69) is 4.74 Å². The van der Waals surface area contributed by atoms with Crippen LogP contribution in [0.25, 0.3) is 10.8 Å². The van der Waals surface area contributed by atoms with E-state index >= 15 is 0 Å². The summed E-state index contributed by atoms with van der Waals surface area (Å²) in [5.74, 6) is -4.61. The number of carbonyl (C=O) groups excluding carboxylic acids is 1. The number of hydrogen-bond donors (Lipinski definition) is 1. The molecule has 0 amide bonds. The smallest absolute Gasteiger partial charge is 0.438 e. The molecule has 1 aliphatic rings. The molecule has 0 radical (unpaired) electrons. The molecule has 3 rings (SSSR count). The average Bonchev–Trinajstić information content (AvgIpc) is 3.46. The van der Waals surface area contributed by atoms with Gasteiger partial charge in [-0.25, -0.2) is 4.79 Å². The molecule has 1 unspecified atom stereocenters. The molecule has 1 fully saturated rings. The zero-order valence-electron chi connectivity index (χ0n) is 15.7. The van der Waals surface area contributed by atoms with Crippen LogP contribution in [0.4, 0.5) is 26.3 Å². The molecule has 32 heavy (non-hydrogen) atoms. The molecule has 176 valence electrons. The van der Waals surface area contributed by atoms with Gasteiger partial charge in [0.25, 0.3) is 10.1 Å². The predicted molar refractivity (Wildman–Crippen MR) is 95.9 cm³/mol. The highest BCUT2D eigenvalue weighted by Gasteiger charge is 2.76. The molecule has 0 saturated carbocycles. The van der Waals surface area contributed by atoms with Crippen LogP contribution < -0.4 is 4.74 Å². The van der Waals surface area contributed by atoms with E-state index in [4.69, 9.17) is 14.0 Å². The summed E-state index contributed by atoms with van der Waals surface area (Å²) in [6.45, 7) is 0.856. The number of benzene rings is 2. The van der Waals surface area contributed by atoms with Crippen LogP contribution in [-0.4, -0.2) is 62.0 Å². The Morgan fingerprint density at radius 2 is 1.59 bits per heavy atom. The maximum atomic E-state index is 13.3. The van der Waals surface area contributed by atoms with Crippen LogP contribution in [0.2, 0.25) is 0 Å². The fourth-order valence-corrected chi connectivity index (χ4v) is 3.64. The number of halogens is 6. The summed E-state index contributed by atoms with van der Waals surface area (Å²) < 4.78 is 125. The summed E-state index contributed by atoms with van der Waals surface area (Å²) in [4.78, 5) is 12.2. The maximum absolute atomic E-state index is 13.3. The summed E-state index contributed by atoms with van der Waals surface area (Å²) in [6, 6.07) is 7.51. The number of hydrogen-bond acceptors (Lipinski definition) is 6. The van der Waals surface area contributed by atoms with Crippen molar-refractivity contribution in [2.75, 3.05) is 19.0 Å². The van der Waals surface area contributed by atoms with E-state index in [0.717, 1.165) is 12.1 Å². The minimum Gasteiger partial charge on any atom is -0.491 e. The molecule has 1 N–H and O–H groups in total. The molecule has 0 bridgehead atoms. The number of epoxide rings is 1. The third-order valence-corrected chi connectivity index (χ3v) is 5.23. The molecule has 0 aromatic heterocycles. The second-order valence-corrected chi connectivity index (χ2v) is 8.38. The van der Waals surface area contributed by atoms with E-state index in [-0.39, 0.29) is 11.5 Å². The number of fused-ring (bicyclic) bond motifs is 1. The SMILES string of the molecule is O=C(OC(CS(=O)(=O)O)(C(F)(F)F)C(F)(F)F)c1ccc2cc(OCC3CO3)ccc2c1. The Hall–Kier alpha value is -2.58. The monoisotopic (exact) mass is 488 g/mol. The Balaban J connectivity index is 1.91. The van der Waals surface area contributed by atoms with Gasteiger partial charge >= 0.3 is 23.9 Å². The first kappa shape index (κ1) is 24.1. The first-order valence-corrected chi connectivity index (χ1v) is 10.3. The van der Waals surface area contributed by atoms with E-state index < -0.39 is 45.4 Å². The van der Waals surface area contributed by atoms with Crippen molar-refractivity contribution in [2.45, 2.75) is 24.1 Å². The predicted octanol–water partition coefficient (Wildman–Crippen LogP) is 3.53. The van der Waals surface area contributed by atoms with E-state index in [1.807, 2.05) is 0 Å². The van der Waals surface area contributed by atoms with Crippen LogP contribution in [0.5, 0.6) is 5.75 Å². The van der Waals surface area contributed by atoms with Crippen molar-refractivity contribution in [2.24, 2.45) is 0 Å². The summed E-state index contributed by atoms with van der Waals surface area (Å²) in [7, 11) is -5.86. The fourth-order valence-electron chi connectivity index (χ4n) is 2.74.